The van der Waals surface area contributed by atoms with E-state index in [1.165, 1.54) is 6.08 Å². The van der Waals surface area contributed by atoms with E-state index in [0.29, 0.717) is 0 Å². The highest BCUT2D eigenvalue weighted by Crippen LogP contribution is 2.22. The molecule has 1 N–H and O–H groups in total. The lowest BCUT2D eigenvalue weighted by atomic mass is 10.1. The summed E-state index contributed by atoms with van der Waals surface area (Å²) < 4.78 is 23.7. The van der Waals surface area contributed by atoms with E-state index in [4.69, 9.17) is 0 Å². The molecule has 2 aliphatic heterocycles. The third-order valence-corrected chi connectivity index (χ3v) is 5.53. The van der Waals surface area contributed by atoms with Gasteiger partial charge in [-0.2, -0.15) is 0 Å². The smallest absolute Gasteiger partial charge is 0.244 e. The summed E-state index contributed by atoms with van der Waals surface area (Å²) in [6.45, 7) is 3.73. The van der Waals surface area contributed by atoms with Gasteiger partial charge in [0, 0.05) is 12.1 Å². The van der Waals surface area contributed by atoms with E-state index in [9.17, 15) is 13.2 Å². The molecule has 0 aromatic heterocycles. The summed E-state index contributed by atoms with van der Waals surface area (Å²) in [4.78, 5) is 14.0. The van der Waals surface area contributed by atoms with E-state index in [2.05, 4.69) is 10.2 Å². The average molecular weight is 298 g/mol. The Balaban J connectivity index is 2.01. The molecule has 0 aliphatic carbocycles. The summed E-state index contributed by atoms with van der Waals surface area (Å²) in [7, 11) is -3.05. The Bertz CT molecular complexity index is 505. The molecule has 2 aliphatic rings. The maximum absolute atomic E-state index is 11.8. The first kappa shape index (κ1) is 15.3. The maximum Gasteiger partial charge on any atom is 0.244 e. The molecule has 0 unspecified atom stereocenters. The molecule has 2 rings (SSSR count). The second kappa shape index (κ2) is 6.54. The molecule has 0 saturated carbocycles. The van der Waals surface area contributed by atoms with Crippen molar-refractivity contribution in [2.75, 3.05) is 24.6 Å². The fourth-order valence-electron chi connectivity index (χ4n) is 2.88. The van der Waals surface area contributed by atoms with Crippen LogP contribution in [0, 0.1) is 0 Å². The van der Waals surface area contributed by atoms with Gasteiger partial charge in [0.15, 0.2) is 9.84 Å². The highest BCUT2D eigenvalue weighted by atomic mass is 32.2. The fraction of sp³-hybridized carbons (Fsp3) is 0.643. The maximum atomic E-state index is 11.8. The van der Waals surface area contributed by atoms with E-state index in [0.717, 1.165) is 25.9 Å². The molecule has 0 spiro atoms. The normalized spacial score (nSPS) is 30.4. The first-order valence-electron chi connectivity index (χ1n) is 7.06. The minimum absolute atomic E-state index is 0.0529. The molecule has 5 nitrogen and oxygen atoms in total. The van der Waals surface area contributed by atoms with Crippen molar-refractivity contribution < 1.29 is 13.2 Å². The molecule has 0 bridgehead atoms. The van der Waals surface area contributed by atoms with Crippen LogP contribution in [0.25, 0.3) is 0 Å². The van der Waals surface area contributed by atoms with Crippen molar-refractivity contribution in [3.05, 3.63) is 24.3 Å². The van der Waals surface area contributed by atoms with Gasteiger partial charge in [-0.05, 0) is 32.9 Å². The summed E-state index contributed by atoms with van der Waals surface area (Å²) in [5, 5.41) is 2.84. The molecular weight excluding hydrogens is 276 g/mol. The van der Waals surface area contributed by atoms with Gasteiger partial charge in [-0.15, -0.1) is 0 Å². The van der Waals surface area contributed by atoms with Crippen molar-refractivity contribution in [2.24, 2.45) is 0 Å². The highest BCUT2D eigenvalue weighted by molar-refractivity contribution is 7.91. The number of likely N-dealkylation sites (tertiary alicyclic amines) is 1. The zero-order valence-corrected chi connectivity index (χ0v) is 12.6. The lowest BCUT2D eigenvalue weighted by Crippen LogP contribution is -2.49. The van der Waals surface area contributed by atoms with Gasteiger partial charge < -0.3 is 5.32 Å². The average Bonchev–Trinajstić information content (AvgIpc) is 2.97. The van der Waals surface area contributed by atoms with Crippen molar-refractivity contribution >= 4 is 15.7 Å². The van der Waals surface area contributed by atoms with Crippen LogP contribution in [0.2, 0.25) is 0 Å². The Morgan fingerprint density at radius 2 is 1.90 bits per heavy atom. The zero-order valence-electron chi connectivity index (χ0n) is 11.8. The van der Waals surface area contributed by atoms with Gasteiger partial charge in [0.25, 0.3) is 0 Å². The second-order valence-electron chi connectivity index (χ2n) is 5.39. The highest BCUT2D eigenvalue weighted by Gasteiger charge is 2.42. The molecular formula is C14H22N2O3S. The molecule has 0 radical (unpaired) electrons. The Labute approximate surface area is 120 Å². The van der Waals surface area contributed by atoms with Gasteiger partial charge in [-0.3, -0.25) is 9.69 Å². The quantitative estimate of drug-likeness (QED) is 0.606. The molecule has 0 aromatic rings. The van der Waals surface area contributed by atoms with Crippen molar-refractivity contribution in [2.45, 2.75) is 31.8 Å². The van der Waals surface area contributed by atoms with Crippen LogP contribution in [0.3, 0.4) is 0 Å². The summed E-state index contributed by atoms with van der Waals surface area (Å²) in [5.74, 6) is -0.0113. The van der Waals surface area contributed by atoms with Crippen LogP contribution in [0.15, 0.2) is 24.3 Å². The zero-order chi connectivity index (χ0) is 14.6. The van der Waals surface area contributed by atoms with Crippen LogP contribution in [0.1, 0.15) is 19.8 Å². The molecule has 112 valence electrons. The molecule has 2 fully saturated rings. The van der Waals surface area contributed by atoms with Crippen LogP contribution in [0.4, 0.5) is 0 Å². The number of sulfone groups is 1. The van der Waals surface area contributed by atoms with Crippen LogP contribution >= 0.6 is 0 Å². The molecule has 6 heteroatoms. The molecule has 0 aromatic carbocycles. The first-order chi connectivity index (χ1) is 9.52. The van der Waals surface area contributed by atoms with Crippen LogP contribution < -0.4 is 5.32 Å². The number of carbonyl (C=O) groups excluding carboxylic acids is 1. The fourth-order valence-corrected chi connectivity index (χ4v) is 4.84. The topological polar surface area (TPSA) is 66.5 Å². The van der Waals surface area contributed by atoms with Gasteiger partial charge in [-0.1, -0.05) is 18.2 Å². The second-order valence-corrected chi connectivity index (χ2v) is 7.54. The summed E-state index contributed by atoms with van der Waals surface area (Å²) in [5.41, 5.74) is 0. The van der Waals surface area contributed by atoms with Crippen LogP contribution in [-0.2, 0) is 14.6 Å². The molecule has 2 heterocycles. The minimum Gasteiger partial charge on any atom is -0.347 e. The SMILES string of the molecule is C/C=C/C=C/C(=O)N[C@@H]1CS(=O)(=O)C[C@@H]1N1CCCC1. The Morgan fingerprint density at radius 3 is 2.55 bits per heavy atom. The number of nitrogens with zero attached hydrogens (tertiary/aromatic N) is 1. The Kier molecular flexibility index (Phi) is 4.99. The lowest BCUT2D eigenvalue weighted by Gasteiger charge is -2.28. The van der Waals surface area contributed by atoms with Gasteiger partial charge in [0.2, 0.25) is 5.91 Å². The standard InChI is InChI=1S/C14H22N2O3S/c1-2-3-4-7-14(17)15-12-10-20(18,19)11-13(12)16-8-5-6-9-16/h2-4,7,12-13H,5-6,8-11H2,1H3,(H,15,17)/b3-2+,7-4+/t12-,13+/m1/s1. The lowest BCUT2D eigenvalue weighted by molar-refractivity contribution is -0.117. The number of hydrogen-bond donors (Lipinski definition) is 1. The van der Waals surface area contributed by atoms with Crippen molar-refractivity contribution in [1.29, 1.82) is 0 Å². The van der Waals surface area contributed by atoms with Gasteiger partial charge in [0.1, 0.15) is 0 Å². The monoisotopic (exact) mass is 298 g/mol. The van der Waals surface area contributed by atoms with E-state index < -0.39 is 9.84 Å². The number of carbonyl (C=O) groups is 1. The predicted molar refractivity (Wildman–Crippen MR) is 79.1 cm³/mol. The van der Waals surface area contributed by atoms with Crippen LogP contribution in [-0.4, -0.2) is 55.9 Å². The molecule has 2 atom stereocenters. The number of nitrogens with one attached hydrogen (secondary N) is 1. The summed E-state index contributed by atoms with van der Waals surface area (Å²) in [6.07, 6.45) is 8.91. The number of hydrogen-bond acceptors (Lipinski definition) is 4. The summed E-state index contributed by atoms with van der Waals surface area (Å²) in [6, 6.07) is -0.359. The van der Waals surface area contributed by atoms with E-state index >= 15 is 0 Å². The number of amides is 1. The summed E-state index contributed by atoms with van der Waals surface area (Å²) >= 11 is 0. The van der Waals surface area contributed by atoms with E-state index in [1.54, 1.807) is 12.2 Å². The van der Waals surface area contributed by atoms with Gasteiger partial charge in [0.05, 0.1) is 17.5 Å². The largest absolute Gasteiger partial charge is 0.347 e. The Morgan fingerprint density at radius 1 is 1.20 bits per heavy atom. The van der Waals surface area contributed by atoms with Crippen molar-refractivity contribution in [3.8, 4) is 0 Å². The van der Waals surface area contributed by atoms with Crippen molar-refractivity contribution in [1.82, 2.24) is 10.2 Å². The molecule has 1 amide bonds. The minimum atomic E-state index is -3.05. The number of rotatable bonds is 4. The Hall–Kier alpha value is -1.14. The van der Waals surface area contributed by atoms with Crippen molar-refractivity contribution in [3.63, 3.8) is 0 Å². The van der Waals surface area contributed by atoms with Crippen LogP contribution in [0.5, 0.6) is 0 Å². The van der Waals surface area contributed by atoms with E-state index in [-0.39, 0.29) is 29.5 Å². The predicted octanol–water partition coefficient (Wildman–Crippen LogP) is 0.496. The van der Waals surface area contributed by atoms with Gasteiger partial charge in [-0.25, -0.2) is 8.42 Å². The third-order valence-electron chi connectivity index (χ3n) is 3.81. The molecule has 20 heavy (non-hydrogen) atoms. The van der Waals surface area contributed by atoms with E-state index in [1.807, 2.05) is 13.0 Å². The molecule has 2 saturated heterocycles. The number of allylic oxidation sites excluding steroid dienone is 3. The third kappa shape index (κ3) is 3.93. The van der Waals surface area contributed by atoms with Gasteiger partial charge >= 0.3 is 0 Å². The first-order valence-corrected chi connectivity index (χ1v) is 8.88.